The van der Waals surface area contributed by atoms with Crippen LogP contribution in [0.15, 0.2) is 28.5 Å². The zero-order chi connectivity index (χ0) is 15.8. The number of carbonyl (C=O) groups excluding carboxylic acids is 2. The van der Waals surface area contributed by atoms with E-state index in [4.69, 9.17) is 4.42 Å². The van der Waals surface area contributed by atoms with Gasteiger partial charge in [0.05, 0.1) is 24.4 Å². The molecule has 0 atom stereocenters. The number of nitrogens with zero attached hydrogens (tertiary/aromatic N) is 1. The van der Waals surface area contributed by atoms with Gasteiger partial charge < -0.3 is 13.9 Å². The van der Waals surface area contributed by atoms with Gasteiger partial charge in [-0.3, -0.25) is 15.4 Å². The molecule has 9 heteroatoms. The van der Waals surface area contributed by atoms with Gasteiger partial charge in [0.25, 0.3) is 0 Å². The van der Waals surface area contributed by atoms with Crippen LogP contribution in [0.2, 0.25) is 0 Å². The largest absolute Gasteiger partial charge is 0.463 e. The first-order valence-electron chi connectivity index (χ1n) is 6.04. The number of nitrogens with one attached hydrogen (secondary N) is 1. The van der Waals surface area contributed by atoms with E-state index in [0.29, 0.717) is 0 Å². The van der Waals surface area contributed by atoms with Crippen molar-refractivity contribution >= 4 is 17.8 Å². The standard InChI is InChI=1S/C12H14N2O7/c1-3-19-11(15)10(14(17)18)9(8-6-5-7-21-8)13-12(16)20-4-2/h5-7H,3-4H2,1-2H3,(H,13,16)/b10-9+. The van der Waals surface area contributed by atoms with Crippen LogP contribution in [-0.2, 0) is 14.3 Å². The second kappa shape index (κ2) is 7.68. The molecule has 0 aromatic carbocycles. The Kier molecular flexibility index (Phi) is 5.93. The summed E-state index contributed by atoms with van der Waals surface area (Å²) in [6.45, 7) is 3.07. The number of rotatable bonds is 6. The second-order valence-electron chi connectivity index (χ2n) is 3.52. The molecule has 0 spiro atoms. The van der Waals surface area contributed by atoms with Gasteiger partial charge >= 0.3 is 17.8 Å². The Balaban J connectivity index is 3.29. The summed E-state index contributed by atoms with van der Waals surface area (Å²) >= 11 is 0. The van der Waals surface area contributed by atoms with Crippen molar-refractivity contribution in [2.45, 2.75) is 13.8 Å². The number of hydrogen-bond acceptors (Lipinski definition) is 7. The zero-order valence-electron chi connectivity index (χ0n) is 11.5. The van der Waals surface area contributed by atoms with Gasteiger partial charge in [0.15, 0.2) is 11.5 Å². The van der Waals surface area contributed by atoms with Gasteiger partial charge in [0.2, 0.25) is 0 Å². The van der Waals surface area contributed by atoms with Crippen LogP contribution in [0.5, 0.6) is 0 Å². The molecule has 0 fully saturated rings. The summed E-state index contributed by atoms with van der Waals surface area (Å²) in [4.78, 5) is 33.3. The van der Waals surface area contributed by atoms with E-state index in [1.165, 1.54) is 25.3 Å². The van der Waals surface area contributed by atoms with E-state index in [1.54, 1.807) is 6.92 Å². The minimum atomic E-state index is -1.19. The van der Waals surface area contributed by atoms with E-state index in [1.807, 2.05) is 0 Å². The summed E-state index contributed by atoms with van der Waals surface area (Å²) in [5, 5.41) is 13.2. The topological polar surface area (TPSA) is 121 Å². The Morgan fingerprint density at radius 3 is 2.48 bits per heavy atom. The maximum Gasteiger partial charge on any atom is 0.412 e. The van der Waals surface area contributed by atoms with Gasteiger partial charge in [0, 0.05) is 0 Å². The lowest BCUT2D eigenvalue weighted by atomic mass is 10.2. The minimum absolute atomic E-state index is 0.0545. The van der Waals surface area contributed by atoms with Crippen LogP contribution in [0.3, 0.4) is 0 Å². The fourth-order valence-corrected chi connectivity index (χ4v) is 1.39. The third-order valence-corrected chi connectivity index (χ3v) is 2.16. The summed E-state index contributed by atoms with van der Waals surface area (Å²) in [6.07, 6.45) is 0.290. The molecule has 9 nitrogen and oxygen atoms in total. The van der Waals surface area contributed by atoms with Crippen LogP contribution in [0, 0.1) is 10.1 Å². The van der Waals surface area contributed by atoms with Crippen molar-refractivity contribution in [1.82, 2.24) is 5.32 Å². The Morgan fingerprint density at radius 2 is 2.00 bits per heavy atom. The summed E-state index contributed by atoms with van der Waals surface area (Å²) in [5.41, 5.74) is -1.37. The van der Waals surface area contributed by atoms with Crippen molar-refractivity contribution in [1.29, 1.82) is 0 Å². The molecule has 1 aromatic rings. The van der Waals surface area contributed by atoms with E-state index in [0.717, 1.165) is 0 Å². The third-order valence-electron chi connectivity index (χ3n) is 2.16. The van der Waals surface area contributed by atoms with Crippen molar-refractivity contribution in [3.63, 3.8) is 0 Å². The van der Waals surface area contributed by atoms with Crippen molar-refractivity contribution in [2.75, 3.05) is 13.2 Å². The first-order valence-corrected chi connectivity index (χ1v) is 6.04. The SMILES string of the molecule is CCOC(=O)N/C(=C(\C(=O)OCC)[N+](=O)[O-])c1ccco1. The second-order valence-corrected chi connectivity index (χ2v) is 3.52. The average molecular weight is 298 g/mol. The number of furan rings is 1. The van der Waals surface area contributed by atoms with Crippen LogP contribution in [0.25, 0.3) is 5.70 Å². The molecule has 0 aliphatic heterocycles. The van der Waals surface area contributed by atoms with Gasteiger partial charge in [-0.2, -0.15) is 0 Å². The molecule has 1 amide bonds. The van der Waals surface area contributed by atoms with Crippen molar-refractivity contribution in [2.24, 2.45) is 0 Å². The van der Waals surface area contributed by atoms with E-state index in [-0.39, 0.29) is 19.0 Å². The van der Waals surface area contributed by atoms with E-state index >= 15 is 0 Å². The van der Waals surface area contributed by atoms with Crippen LogP contribution < -0.4 is 5.32 Å². The van der Waals surface area contributed by atoms with Crippen molar-refractivity contribution < 1.29 is 28.4 Å². The van der Waals surface area contributed by atoms with E-state index in [9.17, 15) is 19.7 Å². The zero-order valence-corrected chi connectivity index (χ0v) is 11.5. The number of hydrogen-bond donors (Lipinski definition) is 1. The Hall–Kier alpha value is -2.84. The molecule has 1 heterocycles. The maximum absolute atomic E-state index is 11.7. The highest BCUT2D eigenvalue weighted by Crippen LogP contribution is 2.18. The van der Waals surface area contributed by atoms with E-state index in [2.05, 4.69) is 14.8 Å². The average Bonchev–Trinajstić information content (AvgIpc) is 2.91. The van der Waals surface area contributed by atoms with Gasteiger partial charge in [-0.1, -0.05) is 0 Å². The molecule has 0 unspecified atom stereocenters. The molecule has 0 saturated carbocycles. The molecule has 0 aliphatic carbocycles. The number of nitro groups is 1. The summed E-state index contributed by atoms with van der Waals surface area (Å²) in [5.74, 6) is -1.26. The summed E-state index contributed by atoms with van der Waals surface area (Å²) in [6, 6.07) is 2.80. The predicted octanol–water partition coefficient (Wildman–Crippen LogP) is 1.53. The molecular weight excluding hydrogens is 284 g/mol. The maximum atomic E-state index is 11.7. The molecule has 114 valence electrons. The molecule has 1 aromatic heterocycles. The molecule has 0 radical (unpaired) electrons. The highest BCUT2D eigenvalue weighted by Gasteiger charge is 2.33. The lowest BCUT2D eigenvalue weighted by Gasteiger charge is -2.08. The first kappa shape index (κ1) is 16.2. The van der Waals surface area contributed by atoms with Crippen LogP contribution in [0.4, 0.5) is 4.79 Å². The van der Waals surface area contributed by atoms with Crippen LogP contribution >= 0.6 is 0 Å². The number of alkyl carbamates (subject to hydrolysis) is 1. The number of carbonyl (C=O) groups is 2. The molecule has 0 aliphatic rings. The van der Waals surface area contributed by atoms with Crippen LogP contribution in [0.1, 0.15) is 19.6 Å². The van der Waals surface area contributed by atoms with Gasteiger partial charge in [0.1, 0.15) is 0 Å². The fourth-order valence-electron chi connectivity index (χ4n) is 1.39. The Bertz CT molecular complexity index is 548. The quantitative estimate of drug-likeness (QED) is 0.366. The number of esters is 1. The normalized spacial score (nSPS) is 11.3. The molecule has 0 bridgehead atoms. The molecule has 0 saturated heterocycles. The summed E-state index contributed by atoms with van der Waals surface area (Å²) in [7, 11) is 0. The molecular formula is C12H14N2O7. The highest BCUT2D eigenvalue weighted by molar-refractivity contribution is 5.96. The van der Waals surface area contributed by atoms with Crippen molar-refractivity contribution in [3.05, 3.63) is 40.0 Å². The lowest BCUT2D eigenvalue weighted by Crippen LogP contribution is -2.28. The Morgan fingerprint density at radius 1 is 1.33 bits per heavy atom. The molecule has 21 heavy (non-hydrogen) atoms. The van der Waals surface area contributed by atoms with Gasteiger partial charge in [-0.25, -0.2) is 9.59 Å². The molecule has 1 N–H and O–H groups in total. The number of ether oxygens (including phenoxy) is 2. The number of amides is 1. The van der Waals surface area contributed by atoms with Gasteiger partial charge in [-0.05, 0) is 26.0 Å². The van der Waals surface area contributed by atoms with Crippen LogP contribution in [-0.4, -0.2) is 30.2 Å². The third kappa shape index (κ3) is 4.34. The Labute approximate surface area is 119 Å². The van der Waals surface area contributed by atoms with Gasteiger partial charge in [-0.15, -0.1) is 0 Å². The van der Waals surface area contributed by atoms with E-state index < -0.39 is 28.4 Å². The summed E-state index contributed by atoms with van der Waals surface area (Å²) < 4.78 is 14.2. The predicted molar refractivity (Wildman–Crippen MR) is 69.4 cm³/mol. The lowest BCUT2D eigenvalue weighted by molar-refractivity contribution is -0.420. The smallest absolute Gasteiger partial charge is 0.412 e. The molecule has 1 rings (SSSR count). The monoisotopic (exact) mass is 298 g/mol. The first-order chi connectivity index (χ1) is 10.0. The van der Waals surface area contributed by atoms with Crippen molar-refractivity contribution in [3.8, 4) is 0 Å². The minimum Gasteiger partial charge on any atom is -0.463 e. The fraction of sp³-hybridized carbons (Fsp3) is 0.333. The highest BCUT2D eigenvalue weighted by atomic mass is 16.6.